The molecule has 0 aromatic carbocycles. The lowest BCUT2D eigenvalue weighted by atomic mass is 10.1. The van der Waals surface area contributed by atoms with E-state index in [0.717, 1.165) is 5.65 Å². The smallest absolute Gasteiger partial charge is 0.137 e. The van der Waals surface area contributed by atoms with Crippen molar-refractivity contribution in [1.82, 2.24) is 9.38 Å². The molecule has 2 rings (SSSR count). The molecule has 2 aromatic rings. The Kier molecular flexibility index (Phi) is 1.63. The first-order valence-corrected chi connectivity index (χ1v) is 4.24. The Hall–Kier alpha value is -1.35. The van der Waals surface area contributed by atoms with Crippen LogP contribution in [0.15, 0.2) is 30.6 Å². The van der Waals surface area contributed by atoms with Crippen LogP contribution in [0.4, 0.5) is 0 Å². The third-order valence-corrected chi connectivity index (χ3v) is 1.99. The summed E-state index contributed by atoms with van der Waals surface area (Å²) in [5.41, 5.74) is 0.685. The van der Waals surface area contributed by atoms with Crippen molar-refractivity contribution in [3.63, 3.8) is 0 Å². The molecule has 0 unspecified atom stereocenters. The van der Waals surface area contributed by atoms with Crippen LogP contribution in [0.3, 0.4) is 0 Å². The third-order valence-electron chi connectivity index (χ3n) is 1.99. The molecule has 68 valence electrons. The number of nitrogens with zero attached hydrogens (tertiary/aromatic N) is 2. The zero-order chi connectivity index (χ0) is 9.47. The molecule has 0 atom stereocenters. The quantitative estimate of drug-likeness (QED) is 0.716. The van der Waals surface area contributed by atoms with Gasteiger partial charge in [-0.15, -0.1) is 0 Å². The summed E-state index contributed by atoms with van der Waals surface area (Å²) in [4.78, 5) is 4.30. The summed E-state index contributed by atoms with van der Waals surface area (Å²) in [5, 5.41) is 9.71. The number of pyridine rings is 1. The van der Waals surface area contributed by atoms with Gasteiger partial charge in [0.25, 0.3) is 0 Å². The van der Waals surface area contributed by atoms with E-state index >= 15 is 0 Å². The van der Waals surface area contributed by atoms with Gasteiger partial charge in [-0.1, -0.05) is 6.07 Å². The van der Waals surface area contributed by atoms with Crippen molar-refractivity contribution in [2.45, 2.75) is 19.4 Å². The lowest BCUT2D eigenvalue weighted by Gasteiger charge is -2.12. The van der Waals surface area contributed by atoms with Gasteiger partial charge >= 0.3 is 0 Å². The summed E-state index contributed by atoms with van der Waals surface area (Å²) in [6.07, 6.45) is 3.76. The molecule has 0 aliphatic rings. The molecule has 0 aliphatic heterocycles. The van der Waals surface area contributed by atoms with E-state index in [9.17, 15) is 5.11 Å². The first kappa shape index (κ1) is 8.26. The molecule has 3 heteroatoms. The topological polar surface area (TPSA) is 37.5 Å². The second kappa shape index (κ2) is 2.57. The van der Waals surface area contributed by atoms with Crippen molar-refractivity contribution in [1.29, 1.82) is 0 Å². The van der Waals surface area contributed by atoms with Gasteiger partial charge in [-0.05, 0) is 26.0 Å². The number of hydrogen-bond donors (Lipinski definition) is 1. The monoisotopic (exact) mass is 176 g/mol. The Morgan fingerprint density at radius 1 is 1.38 bits per heavy atom. The van der Waals surface area contributed by atoms with Gasteiger partial charge in [-0.25, -0.2) is 4.98 Å². The highest BCUT2D eigenvalue weighted by atomic mass is 16.3. The molecular formula is C10H12N2O. The van der Waals surface area contributed by atoms with Gasteiger partial charge in [0.05, 0.1) is 5.69 Å². The predicted molar refractivity (Wildman–Crippen MR) is 50.4 cm³/mol. The summed E-state index contributed by atoms with van der Waals surface area (Å²) in [6, 6.07) is 5.77. The van der Waals surface area contributed by atoms with E-state index < -0.39 is 5.60 Å². The molecule has 0 fully saturated rings. The maximum atomic E-state index is 9.71. The molecule has 0 amide bonds. The molecular weight excluding hydrogens is 164 g/mol. The van der Waals surface area contributed by atoms with Crippen LogP contribution in [0.25, 0.3) is 5.65 Å². The Morgan fingerprint density at radius 2 is 2.15 bits per heavy atom. The molecule has 0 saturated heterocycles. The first-order chi connectivity index (χ1) is 6.07. The summed E-state index contributed by atoms with van der Waals surface area (Å²) >= 11 is 0. The average molecular weight is 176 g/mol. The van der Waals surface area contributed by atoms with Crippen molar-refractivity contribution >= 4 is 5.65 Å². The Labute approximate surface area is 76.7 Å². The Balaban J connectivity index is 2.63. The van der Waals surface area contributed by atoms with Crippen molar-refractivity contribution in [2.75, 3.05) is 0 Å². The van der Waals surface area contributed by atoms with Gasteiger partial charge < -0.3 is 9.51 Å². The van der Waals surface area contributed by atoms with Crippen LogP contribution in [0.1, 0.15) is 19.5 Å². The number of rotatable bonds is 1. The highest BCUT2D eigenvalue weighted by molar-refractivity contribution is 5.40. The Bertz CT molecular complexity index is 393. The normalized spacial score (nSPS) is 12.2. The highest BCUT2D eigenvalue weighted by Crippen LogP contribution is 2.18. The number of imidazole rings is 1. The number of aromatic nitrogens is 2. The molecule has 0 radical (unpaired) electrons. The summed E-state index contributed by atoms with van der Waals surface area (Å²) < 4.78 is 1.90. The fourth-order valence-electron chi connectivity index (χ4n) is 1.23. The minimum atomic E-state index is -0.869. The van der Waals surface area contributed by atoms with Crippen LogP contribution < -0.4 is 0 Å². The molecule has 0 bridgehead atoms. The summed E-state index contributed by atoms with van der Waals surface area (Å²) in [7, 11) is 0. The average Bonchev–Trinajstić information content (AvgIpc) is 2.45. The second-order valence-corrected chi connectivity index (χ2v) is 3.65. The fourth-order valence-corrected chi connectivity index (χ4v) is 1.23. The van der Waals surface area contributed by atoms with Gasteiger partial charge in [-0.2, -0.15) is 0 Å². The predicted octanol–water partition coefficient (Wildman–Crippen LogP) is 1.56. The zero-order valence-corrected chi connectivity index (χ0v) is 7.73. The van der Waals surface area contributed by atoms with E-state index in [1.165, 1.54) is 0 Å². The van der Waals surface area contributed by atoms with Crippen molar-refractivity contribution < 1.29 is 5.11 Å². The van der Waals surface area contributed by atoms with E-state index in [1.807, 2.05) is 35.0 Å². The van der Waals surface area contributed by atoms with E-state index in [2.05, 4.69) is 4.98 Å². The van der Waals surface area contributed by atoms with Crippen LogP contribution in [0.5, 0.6) is 0 Å². The first-order valence-electron chi connectivity index (χ1n) is 4.24. The van der Waals surface area contributed by atoms with Crippen LogP contribution in [-0.4, -0.2) is 14.5 Å². The van der Waals surface area contributed by atoms with Gasteiger partial charge in [0, 0.05) is 12.4 Å². The number of hydrogen-bond acceptors (Lipinski definition) is 2. The minimum Gasteiger partial charge on any atom is -0.384 e. The van der Waals surface area contributed by atoms with Gasteiger partial charge in [0.1, 0.15) is 11.2 Å². The molecule has 13 heavy (non-hydrogen) atoms. The highest BCUT2D eigenvalue weighted by Gasteiger charge is 2.19. The molecule has 1 N–H and O–H groups in total. The molecule has 2 heterocycles. The van der Waals surface area contributed by atoms with Gasteiger partial charge in [-0.3, -0.25) is 0 Å². The lowest BCUT2D eigenvalue weighted by Crippen LogP contribution is -2.15. The van der Waals surface area contributed by atoms with Crippen LogP contribution in [0.2, 0.25) is 0 Å². The summed E-state index contributed by atoms with van der Waals surface area (Å²) in [6.45, 7) is 3.46. The van der Waals surface area contributed by atoms with Crippen LogP contribution >= 0.6 is 0 Å². The van der Waals surface area contributed by atoms with Crippen molar-refractivity contribution in [2.24, 2.45) is 0 Å². The molecule has 3 nitrogen and oxygen atoms in total. The standard InChI is InChI=1S/C10H12N2O/c1-10(2,13)8-7-12-6-4-3-5-9(12)11-8/h3-7,13H,1-2H3. The summed E-state index contributed by atoms with van der Waals surface area (Å²) in [5.74, 6) is 0. The fraction of sp³-hybridized carbons (Fsp3) is 0.300. The molecule has 0 spiro atoms. The van der Waals surface area contributed by atoms with Gasteiger partial charge in [0.15, 0.2) is 0 Å². The van der Waals surface area contributed by atoms with Crippen molar-refractivity contribution in [3.05, 3.63) is 36.3 Å². The van der Waals surface area contributed by atoms with Gasteiger partial charge in [0.2, 0.25) is 0 Å². The molecule has 0 aliphatic carbocycles. The van der Waals surface area contributed by atoms with Crippen LogP contribution in [-0.2, 0) is 5.60 Å². The lowest BCUT2D eigenvalue weighted by molar-refractivity contribution is 0.0744. The number of fused-ring (bicyclic) bond motifs is 1. The Morgan fingerprint density at radius 3 is 2.77 bits per heavy atom. The maximum Gasteiger partial charge on any atom is 0.137 e. The minimum absolute atomic E-state index is 0.693. The third kappa shape index (κ3) is 1.42. The molecule has 0 saturated carbocycles. The van der Waals surface area contributed by atoms with E-state index in [0.29, 0.717) is 5.69 Å². The van der Waals surface area contributed by atoms with E-state index in [-0.39, 0.29) is 0 Å². The number of aliphatic hydroxyl groups is 1. The second-order valence-electron chi connectivity index (χ2n) is 3.65. The SMILES string of the molecule is CC(C)(O)c1cn2ccccc2n1. The molecule has 2 aromatic heterocycles. The van der Waals surface area contributed by atoms with E-state index in [1.54, 1.807) is 13.8 Å². The zero-order valence-electron chi connectivity index (χ0n) is 7.73. The largest absolute Gasteiger partial charge is 0.384 e. The van der Waals surface area contributed by atoms with Crippen LogP contribution in [0, 0.1) is 0 Å². The van der Waals surface area contributed by atoms with E-state index in [4.69, 9.17) is 0 Å². The van der Waals surface area contributed by atoms with Crippen molar-refractivity contribution in [3.8, 4) is 0 Å². The maximum absolute atomic E-state index is 9.71.